The lowest BCUT2D eigenvalue weighted by atomic mass is 9.86. The zero-order valence-corrected chi connectivity index (χ0v) is 18.0. The van der Waals surface area contributed by atoms with E-state index in [9.17, 15) is 26.7 Å². The van der Waals surface area contributed by atoms with Crippen molar-refractivity contribution in [2.45, 2.75) is 32.0 Å². The molecular weight excluding hydrogens is 455 g/mol. The molecule has 3 aromatic carbocycles. The molecule has 4 rings (SSSR count). The van der Waals surface area contributed by atoms with Crippen molar-refractivity contribution in [1.82, 2.24) is 0 Å². The number of nitrogens with zero attached hydrogens (tertiary/aromatic N) is 2. The largest absolute Gasteiger partial charge is 0.457 e. The van der Waals surface area contributed by atoms with Gasteiger partial charge in [-0.1, -0.05) is 18.2 Å². The van der Waals surface area contributed by atoms with Gasteiger partial charge in [-0.25, -0.2) is 13.6 Å². The normalized spacial score (nSPS) is 14.6. The van der Waals surface area contributed by atoms with E-state index in [4.69, 9.17) is 11.3 Å². The van der Waals surface area contributed by atoms with Crippen LogP contribution in [0.25, 0.3) is 4.85 Å². The molecule has 0 aliphatic carbocycles. The SMILES string of the molecule is [C-]#[N+]c1ccc2c(c1)C(C)(C)C(=O)N2Cc1c(Oc2cc(F)cc(F)c2)cccc1C(F)(F)F. The highest BCUT2D eigenvalue weighted by atomic mass is 19.4. The Morgan fingerprint density at radius 2 is 1.71 bits per heavy atom. The lowest BCUT2D eigenvalue weighted by Crippen LogP contribution is -2.36. The highest BCUT2D eigenvalue weighted by Crippen LogP contribution is 2.46. The smallest absolute Gasteiger partial charge is 0.416 e. The fourth-order valence-electron chi connectivity index (χ4n) is 4.01. The van der Waals surface area contributed by atoms with Gasteiger partial charge in [-0.2, -0.15) is 13.2 Å². The van der Waals surface area contributed by atoms with E-state index < -0.39 is 41.2 Å². The van der Waals surface area contributed by atoms with Crippen LogP contribution in [0.15, 0.2) is 54.6 Å². The second-order valence-corrected chi connectivity index (χ2v) is 8.32. The minimum absolute atomic E-state index is 0.295. The van der Waals surface area contributed by atoms with Crippen LogP contribution in [0.1, 0.15) is 30.5 Å². The standard InChI is InChI=1S/C25H17F5N2O2/c1-24(2)20-12-16(31-3)7-8-21(20)32(23(24)33)13-18-19(25(28,29)30)5-4-6-22(18)34-17-10-14(26)9-15(27)11-17/h4-12H,13H2,1-2H3. The van der Waals surface area contributed by atoms with Crippen molar-refractivity contribution in [3.05, 3.63) is 94.3 Å². The van der Waals surface area contributed by atoms with Crippen LogP contribution in [0, 0.1) is 18.2 Å². The highest BCUT2D eigenvalue weighted by Gasteiger charge is 2.45. The van der Waals surface area contributed by atoms with Gasteiger partial charge >= 0.3 is 6.18 Å². The van der Waals surface area contributed by atoms with Gasteiger partial charge in [0, 0.05) is 29.4 Å². The van der Waals surface area contributed by atoms with Crippen molar-refractivity contribution < 1.29 is 31.5 Å². The number of carbonyl (C=O) groups excluding carboxylic acids is 1. The molecule has 1 aliphatic heterocycles. The first-order valence-corrected chi connectivity index (χ1v) is 10.1. The summed E-state index contributed by atoms with van der Waals surface area (Å²) in [7, 11) is 0. The Hall–Kier alpha value is -3.93. The molecule has 0 N–H and O–H groups in total. The topological polar surface area (TPSA) is 33.9 Å². The number of rotatable bonds is 4. The third-order valence-electron chi connectivity index (χ3n) is 5.67. The van der Waals surface area contributed by atoms with Crippen LogP contribution in [-0.2, 0) is 22.9 Å². The molecule has 0 radical (unpaired) electrons. The van der Waals surface area contributed by atoms with Crippen molar-refractivity contribution in [1.29, 1.82) is 0 Å². The Morgan fingerprint density at radius 1 is 1.03 bits per heavy atom. The van der Waals surface area contributed by atoms with Crippen LogP contribution in [0.4, 0.5) is 33.3 Å². The summed E-state index contributed by atoms with van der Waals surface area (Å²) in [6.45, 7) is 9.96. The number of ether oxygens (including phenoxy) is 1. The fourth-order valence-corrected chi connectivity index (χ4v) is 4.01. The summed E-state index contributed by atoms with van der Waals surface area (Å²) in [4.78, 5) is 17.8. The van der Waals surface area contributed by atoms with Crippen LogP contribution >= 0.6 is 0 Å². The van der Waals surface area contributed by atoms with Gasteiger partial charge in [0.25, 0.3) is 0 Å². The van der Waals surface area contributed by atoms with E-state index in [1.807, 2.05) is 0 Å². The summed E-state index contributed by atoms with van der Waals surface area (Å²) in [6.07, 6.45) is -4.78. The molecule has 0 saturated heterocycles. The number of amides is 1. The van der Waals surface area contributed by atoms with Crippen LogP contribution < -0.4 is 9.64 Å². The first kappa shape index (κ1) is 23.2. The predicted octanol–water partition coefficient (Wildman–Crippen LogP) is 7.15. The summed E-state index contributed by atoms with van der Waals surface area (Å²) in [6, 6.07) is 10.1. The lowest BCUT2D eigenvalue weighted by molar-refractivity contribution is -0.138. The Labute approximate surface area is 192 Å². The molecule has 0 atom stereocenters. The predicted molar refractivity (Wildman–Crippen MR) is 115 cm³/mol. The molecular formula is C25H17F5N2O2. The zero-order valence-electron chi connectivity index (χ0n) is 18.0. The number of fused-ring (bicyclic) bond motifs is 1. The van der Waals surface area contributed by atoms with Gasteiger partial charge in [0.2, 0.25) is 5.91 Å². The van der Waals surface area contributed by atoms with E-state index in [1.165, 1.54) is 23.1 Å². The first-order valence-electron chi connectivity index (χ1n) is 10.1. The summed E-state index contributed by atoms with van der Waals surface area (Å²) < 4.78 is 74.4. The molecule has 1 aliphatic rings. The maximum atomic E-state index is 13.9. The molecule has 1 heterocycles. The second kappa shape index (κ2) is 8.13. The summed E-state index contributed by atoms with van der Waals surface area (Å²) in [5, 5.41) is 0. The molecule has 0 spiro atoms. The van der Waals surface area contributed by atoms with E-state index in [0.717, 1.165) is 24.3 Å². The average molecular weight is 472 g/mol. The van der Waals surface area contributed by atoms with Gasteiger partial charge in [0.15, 0.2) is 5.69 Å². The maximum Gasteiger partial charge on any atom is 0.416 e. The molecule has 34 heavy (non-hydrogen) atoms. The summed E-state index contributed by atoms with van der Waals surface area (Å²) in [5.74, 6) is -2.98. The quantitative estimate of drug-likeness (QED) is 0.299. The number of anilines is 1. The zero-order chi connectivity index (χ0) is 24.8. The number of hydrogen-bond donors (Lipinski definition) is 0. The van der Waals surface area contributed by atoms with E-state index in [2.05, 4.69) is 4.85 Å². The molecule has 3 aromatic rings. The van der Waals surface area contributed by atoms with Gasteiger partial charge in [-0.05, 0) is 37.6 Å². The van der Waals surface area contributed by atoms with Crippen LogP contribution in [0.3, 0.4) is 0 Å². The number of carbonyl (C=O) groups is 1. The first-order chi connectivity index (χ1) is 15.9. The van der Waals surface area contributed by atoms with Crippen molar-refractivity contribution in [2.75, 3.05) is 4.90 Å². The molecule has 1 amide bonds. The van der Waals surface area contributed by atoms with Gasteiger partial charge in [-0.3, -0.25) is 4.79 Å². The van der Waals surface area contributed by atoms with E-state index in [-0.39, 0.29) is 17.1 Å². The number of halogens is 5. The molecule has 4 nitrogen and oxygen atoms in total. The Balaban J connectivity index is 1.83. The van der Waals surface area contributed by atoms with E-state index >= 15 is 0 Å². The Morgan fingerprint density at radius 3 is 2.32 bits per heavy atom. The molecule has 0 saturated carbocycles. The van der Waals surface area contributed by atoms with E-state index in [0.29, 0.717) is 23.0 Å². The molecule has 174 valence electrons. The maximum absolute atomic E-state index is 13.9. The van der Waals surface area contributed by atoms with Crippen LogP contribution in [-0.4, -0.2) is 5.91 Å². The van der Waals surface area contributed by atoms with Crippen molar-refractivity contribution in [3.63, 3.8) is 0 Å². The summed E-state index contributed by atoms with van der Waals surface area (Å²) >= 11 is 0. The lowest BCUT2D eigenvalue weighted by Gasteiger charge is -2.24. The third-order valence-corrected chi connectivity index (χ3v) is 5.67. The minimum Gasteiger partial charge on any atom is -0.457 e. The van der Waals surface area contributed by atoms with Gasteiger partial charge < -0.3 is 9.64 Å². The van der Waals surface area contributed by atoms with Gasteiger partial charge in [0.1, 0.15) is 23.1 Å². The molecule has 0 aromatic heterocycles. The number of hydrogen-bond acceptors (Lipinski definition) is 2. The Kier molecular flexibility index (Phi) is 5.56. The summed E-state index contributed by atoms with van der Waals surface area (Å²) in [5.41, 5.74) is -1.29. The van der Waals surface area contributed by atoms with Crippen molar-refractivity contribution in [3.8, 4) is 11.5 Å². The average Bonchev–Trinajstić information content (AvgIpc) is 2.93. The molecule has 0 fully saturated rings. The van der Waals surface area contributed by atoms with Crippen molar-refractivity contribution in [2.24, 2.45) is 0 Å². The van der Waals surface area contributed by atoms with Crippen molar-refractivity contribution >= 4 is 17.3 Å². The van der Waals surface area contributed by atoms with E-state index in [1.54, 1.807) is 19.9 Å². The third kappa shape index (κ3) is 4.07. The minimum atomic E-state index is -4.78. The molecule has 0 unspecified atom stereocenters. The highest BCUT2D eigenvalue weighted by molar-refractivity contribution is 6.08. The number of benzene rings is 3. The second-order valence-electron chi connectivity index (χ2n) is 8.32. The van der Waals surface area contributed by atoms with Crippen LogP contribution in [0.5, 0.6) is 11.5 Å². The monoisotopic (exact) mass is 472 g/mol. The molecule has 0 bridgehead atoms. The van der Waals surface area contributed by atoms with Gasteiger partial charge in [-0.15, -0.1) is 0 Å². The van der Waals surface area contributed by atoms with Gasteiger partial charge in [0.05, 0.1) is 24.1 Å². The number of alkyl halides is 3. The Bertz CT molecular complexity index is 1320. The molecule has 9 heteroatoms. The fraction of sp³-hybridized carbons (Fsp3) is 0.200. The van der Waals surface area contributed by atoms with Crippen LogP contribution in [0.2, 0.25) is 0 Å².